The van der Waals surface area contributed by atoms with E-state index < -0.39 is 5.97 Å². The second-order valence-electron chi connectivity index (χ2n) is 6.27. The molecule has 0 amide bonds. The molecule has 0 aromatic heterocycles. The van der Waals surface area contributed by atoms with Gasteiger partial charge in [-0.2, -0.15) is 0 Å². The topological polar surface area (TPSA) is 84.6 Å². The highest BCUT2D eigenvalue weighted by molar-refractivity contribution is 5.89. The van der Waals surface area contributed by atoms with Crippen molar-refractivity contribution >= 4 is 5.97 Å². The van der Waals surface area contributed by atoms with E-state index in [2.05, 4.69) is 26.1 Å². The molecule has 0 radical (unpaired) electrons. The van der Waals surface area contributed by atoms with E-state index in [1.165, 1.54) is 0 Å². The number of carbonyl (C=O) groups is 1. The second kappa shape index (κ2) is 8.08. The second-order valence-corrected chi connectivity index (χ2v) is 6.27. The molecule has 0 spiro atoms. The molecule has 1 rings (SSSR count). The lowest BCUT2D eigenvalue weighted by molar-refractivity contribution is -0.140. The van der Waals surface area contributed by atoms with Crippen molar-refractivity contribution in [3.63, 3.8) is 0 Å². The fourth-order valence-corrected chi connectivity index (χ4v) is 2.47. The quantitative estimate of drug-likeness (QED) is 0.379. The number of nitrogens with two attached hydrogens (primary N) is 1. The number of unbranched alkanes of at least 4 members (excludes halogenated alkanes) is 1. The van der Waals surface area contributed by atoms with Crippen LogP contribution in [0.4, 0.5) is 0 Å². The van der Waals surface area contributed by atoms with Gasteiger partial charge in [0.2, 0.25) is 0 Å². The molecule has 4 N–H and O–H groups in total. The zero-order valence-corrected chi connectivity index (χ0v) is 13.4. The van der Waals surface area contributed by atoms with Crippen LogP contribution in [-0.4, -0.2) is 30.8 Å². The predicted octanol–water partition coefficient (Wildman–Crippen LogP) is 1.83. The largest absolute Gasteiger partial charge is 0.459 e. The number of carbonyl (C=O) groups excluding carboxylic acids is 1. The van der Waals surface area contributed by atoms with Gasteiger partial charge >= 0.3 is 5.97 Å². The maximum atomic E-state index is 11.8. The van der Waals surface area contributed by atoms with Crippen molar-refractivity contribution in [3.8, 4) is 0 Å². The summed E-state index contributed by atoms with van der Waals surface area (Å²) in [6.45, 7) is 7.19. The lowest BCUT2D eigenvalue weighted by atomic mass is 9.76. The number of esters is 1. The summed E-state index contributed by atoms with van der Waals surface area (Å²) in [7, 11) is 0. The van der Waals surface area contributed by atoms with Crippen LogP contribution < -0.4 is 11.1 Å². The minimum Gasteiger partial charge on any atom is -0.459 e. The lowest BCUT2D eigenvalue weighted by Gasteiger charge is -2.32. The molecule has 0 saturated carbocycles. The third kappa shape index (κ3) is 5.79. The van der Waals surface area contributed by atoms with Crippen molar-refractivity contribution in [3.05, 3.63) is 23.0 Å². The Morgan fingerprint density at radius 1 is 1.48 bits per heavy atom. The SMILES string of the molecule is CCCCNC1=C/C(=C(/N)C(=O)OCCO)CC(C)(C)C1. The van der Waals surface area contributed by atoms with Gasteiger partial charge in [-0.25, -0.2) is 4.79 Å². The zero-order valence-electron chi connectivity index (χ0n) is 13.4. The van der Waals surface area contributed by atoms with E-state index in [1.807, 2.05) is 6.08 Å². The summed E-state index contributed by atoms with van der Waals surface area (Å²) < 4.78 is 4.89. The average molecular weight is 296 g/mol. The summed E-state index contributed by atoms with van der Waals surface area (Å²) >= 11 is 0. The van der Waals surface area contributed by atoms with E-state index in [-0.39, 0.29) is 24.3 Å². The van der Waals surface area contributed by atoms with Gasteiger partial charge in [0.15, 0.2) is 0 Å². The van der Waals surface area contributed by atoms with Gasteiger partial charge in [-0.15, -0.1) is 0 Å². The molecular formula is C16H28N2O3. The minimum atomic E-state index is -0.555. The summed E-state index contributed by atoms with van der Waals surface area (Å²) in [6.07, 6.45) is 5.91. The van der Waals surface area contributed by atoms with Crippen molar-refractivity contribution in [2.75, 3.05) is 19.8 Å². The lowest BCUT2D eigenvalue weighted by Crippen LogP contribution is -2.28. The number of rotatable bonds is 7. The Balaban J connectivity index is 2.87. The van der Waals surface area contributed by atoms with E-state index in [9.17, 15) is 4.79 Å². The molecule has 0 aromatic carbocycles. The van der Waals surface area contributed by atoms with Crippen molar-refractivity contribution in [2.24, 2.45) is 11.1 Å². The third-order valence-corrected chi connectivity index (χ3v) is 3.46. The van der Waals surface area contributed by atoms with Crippen LogP contribution in [0.25, 0.3) is 0 Å². The number of nitrogens with one attached hydrogen (secondary N) is 1. The number of aliphatic hydroxyl groups is 1. The Morgan fingerprint density at radius 3 is 2.81 bits per heavy atom. The fraction of sp³-hybridized carbons (Fsp3) is 0.688. The molecule has 1 aliphatic rings. The summed E-state index contributed by atoms with van der Waals surface area (Å²) in [5.74, 6) is -0.555. The Morgan fingerprint density at radius 2 is 2.19 bits per heavy atom. The molecule has 0 unspecified atom stereocenters. The molecule has 0 fully saturated rings. The molecule has 0 aliphatic heterocycles. The van der Waals surface area contributed by atoms with Crippen LogP contribution in [-0.2, 0) is 9.53 Å². The smallest absolute Gasteiger partial charge is 0.354 e. The monoisotopic (exact) mass is 296 g/mol. The van der Waals surface area contributed by atoms with Crippen LogP contribution in [0, 0.1) is 5.41 Å². The predicted molar refractivity (Wildman–Crippen MR) is 83.3 cm³/mol. The van der Waals surface area contributed by atoms with Gasteiger partial charge in [0.1, 0.15) is 12.3 Å². The van der Waals surface area contributed by atoms with Gasteiger partial charge in [0.25, 0.3) is 0 Å². The highest BCUT2D eigenvalue weighted by Crippen LogP contribution is 2.37. The first-order chi connectivity index (χ1) is 9.89. The van der Waals surface area contributed by atoms with E-state index in [1.54, 1.807) is 0 Å². The summed E-state index contributed by atoms with van der Waals surface area (Å²) in [4.78, 5) is 11.8. The van der Waals surface area contributed by atoms with Gasteiger partial charge in [0, 0.05) is 12.2 Å². The molecule has 0 bridgehead atoms. The van der Waals surface area contributed by atoms with Crippen molar-refractivity contribution in [2.45, 2.75) is 46.5 Å². The van der Waals surface area contributed by atoms with Crippen LogP contribution >= 0.6 is 0 Å². The maximum absolute atomic E-state index is 11.8. The van der Waals surface area contributed by atoms with Gasteiger partial charge in [-0.05, 0) is 36.3 Å². The molecule has 5 nitrogen and oxygen atoms in total. The Labute approximate surface area is 127 Å². The van der Waals surface area contributed by atoms with Gasteiger partial charge in [-0.1, -0.05) is 27.2 Å². The summed E-state index contributed by atoms with van der Waals surface area (Å²) in [5.41, 5.74) is 8.05. The van der Waals surface area contributed by atoms with Crippen molar-refractivity contribution in [1.82, 2.24) is 5.32 Å². The van der Waals surface area contributed by atoms with Crippen LogP contribution in [0.1, 0.15) is 46.5 Å². The number of hydrogen-bond donors (Lipinski definition) is 3. The third-order valence-electron chi connectivity index (χ3n) is 3.46. The standard InChI is InChI=1S/C16H28N2O3/c1-4-5-6-18-13-9-12(10-16(2,3)11-13)14(17)15(20)21-8-7-19/h9,18-19H,4-8,10-11,17H2,1-3H3/b14-12-. The molecular weight excluding hydrogens is 268 g/mol. The molecule has 0 aromatic rings. The molecule has 21 heavy (non-hydrogen) atoms. The van der Waals surface area contributed by atoms with Crippen LogP contribution in [0.3, 0.4) is 0 Å². The maximum Gasteiger partial charge on any atom is 0.354 e. The minimum absolute atomic E-state index is 0.0263. The first kappa shape index (κ1) is 17.6. The zero-order chi connectivity index (χ0) is 15.9. The van der Waals surface area contributed by atoms with E-state index in [0.29, 0.717) is 0 Å². The Hall–Kier alpha value is -1.49. The van der Waals surface area contributed by atoms with Gasteiger partial charge in [0.05, 0.1) is 6.61 Å². The highest BCUT2D eigenvalue weighted by Gasteiger charge is 2.28. The van der Waals surface area contributed by atoms with Crippen LogP contribution in [0.2, 0.25) is 0 Å². The number of aliphatic hydroxyl groups excluding tert-OH is 1. The fourth-order valence-electron chi connectivity index (χ4n) is 2.47. The van der Waals surface area contributed by atoms with E-state index in [4.69, 9.17) is 15.6 Å². The summed E-state index contributed by atoms with van der Waals surface area (Å²) in [6, 6.07) is 0. The Bertz CT molecular complexity index is 425. The van der Waals surface area contributed by atoms with Crippen LogP contribution in [0.5, 0.6) is 0 Å². The molecule has 0 atom stereocenters. The van der Waals surface area contributed by atoms with Crippen LogP contribution in [0.15, 0.2) is 23.0 Å². The molecule has 1 aliphatic carbocycles. The Kier molecular flexibility index (Phi) is 6.75. The molecule has 0 saturated heterocycles. The molecule has 5 heteroatoms. The average Bonchev–Trinajstić information content (AvgIpc) is 2.42. The van der Waals surface area contributed by atoms with E-state index in [0.717, 1.165) is 43.5 Å². The number of allylic oxidation sites excluding steroid dienone is 3. The first-order valence-electron chi connectivity index (χ1n) is 7.60. The molecule has 0 heterocycles. The van der Waals surface area contributed by atoms with Crippen molar-refractivity contribution < 1.29 is 14.6 Å². The summed E-state index contributed by atoms with van der Waals surface area (Å²) in [5, 5.41) is 12.1. The number of ether oxygens (including phenoxy) is 1. The van der Waals surface area contributed by atoms with Crippen molar-refractivity contribution in [1.29, 1.82) is 0 Å². The first-order valence-corrected chi connectivity index (χ1v) is 7.60. The molecule has 120 valence electrons. The normalized spacial score (nSPS) is 19.7. The van der Waals surface area contributed by atoms with E-state index >= 15 is 0 Å². The van der Waals surface area contributed by atoms with Gasteiger partial charge < -0.3 is 20.9 Å². The highest BCUT2D eigenvalue weighted by atomic mass is 16.5. The van der Waals surface area contributed by atoms with Gasteiger partial charge in [-0.3, -0.25) is 0 Å². The number of hydrogen-bond acceptors (Lipinski definition) is 5.